The summed E-state index contributed by atoms with van der Waals surface area (Å²) in [5, 5.41) is 3.42. The molecule has 0 aliphatic heterocycles. The molecule has 2 aromatic carbocycles. The standard InChI is InChI=1S/C19H25NO/c1-4-12-20-14-16-8-7-9-17(13-16)21-19-11-6-5-10-18(19)15(2)3/h5-11,13,15,20H,4,12,14H2,1-3H3. The second-order valence-corrected chi connectivity index (χ2v) is 5.62. The van der Waals surface area contributed by atoms with E-state index in [1.807, 2.05) is 18.2 Å². The molecule has 0 unspecified atom stereocenters. The molecule has 112 valence electrons. The Bertz CT molecular complexity index is 563. The third-order valence-electron chi connectivity index (χ3n) is 3.42. The van der Waals surface area contributed by atoms with Crippen LogP contribution in [0.15, 0.2) is 48.5 Å². The molecule has 1 N–H and O–H groups in total. The maximum absolute atomic E-state index is 6.09. The van der Waals surface area contributed by atoms with Gasteiger partial charge in [-0.3, -0.25) is 0 Å². The Kier molecular flexibility index (Phi) is 5.82. The minimum Gasteiger partial charge on any atom is -0.457 e. The molecule has 2 rings (SSSR count). The van der Waals surface area contributed by atoms with E-state index in [-0.39, 0.29) is 0 Å². The lowest BCUT2D eigenvalue weighted by molar-refractivity contribution is 0.472. The fourth-order valence-electron chi connectivity index (χ4n) is 2.31. The van der Waals surface area contributed by atoms with Crippen molar-refractivity contribution >= 4 is 0 Å². The highest BCUT2D eigenvalue weighted by Gasteiger charge is 2.08. The molecule has 0 saturated carbocycles. The van der Waals surface area contributed by atoms with Gasteiger partial charge in [-0.1, -0.05) is 51.1 Å². The van der Waals surface area contributed by atoms with E-state index in [9.17, 15) is 0 Å². The van der Waals surface area contributed by atoms with Crippen LogP contribution in [-0.4, -0.2) is 6.54 Å². The van der Waals surface area contributed by atoms with Crippen molar-refractivity contribution in [2.45, 2.75) is 39.7 Å². The molecule has 0 aliphatic carbocycles. The molecule has 0 bridgehead atoms. The Morgan fingerprint density at radius 1 is 1.05 bits per heavy atom. The van der Waals surface area contributed by atoms with Crippen LogP contribution >= 0.6 is 0 Å². The Balaban J connectivity index is 2.11. The first-order chi connectivity index (χ1) is 10.2. The van der Waals surface area contributed by atoms with E-state index in [2.05, 4.69) is 56.4 Å². The summed E-state index contributed by atoms with van der Waals surface area (Å²) in [6.45, 7) is 8.48. The molecule has 0 spiro atoms. The molecule has 0 radical (unpaired) electrons. The monoisotopic (exact) mass is 283 g/mol. The molecule has 2 aromatic rings. The third kappa shape index (κ3) is 4.61. The zero-order chi connectivity index (χ0) is 15.1. The lowest BCUT2D eigenvalue weighted by atomic mass is 10.0. The number of rotatable bonds is 7. The highest BCUT2D eigenvalue weighted by atomic mass is 16.5. The van der Waals surface area contributed by atoms with E-state index < -0.39 is 0 Å². The average molecular weight is 283 g/mol. The van der Waals surface area contributed by atoms with Gasteiger partial charge in [-0.2, -0.15) is 0 Å². The second kappa shape index (κ2) is 7.84. The fourth-order valence-corrected chi connectivity index (χ4v) is 2.31. The van der Waals surface area contributed by atoms with Gasteiger partial charge in [0.25, 0.3) is 0 Å². The molecule has 0 atom stereocenters. The average Bonchev–Trinajstić information content (AvgIpc) is 2.48. The third-order valence-corrected chi connectivity index (χ3v) is 3.42. The molecule has 0 aliphatic rings. The highest BCUT2D eigenvalue weighted by Crippen LogP contribution is 2.30. The van der Waals surface area contributed by atoms with E-state index in [4.69, 9.17) is 4.74 Å². The van der Waals surface area contributed by atoms with Crippen LogP contribution < -0.4 is 10.1 Å². The lowest BCUT2D eigenvalue weighted by Crippen LogP contribution is -2.13. The first kappa shape index (κ1) is 15.6. The number of para-hydroxylation sites is 1. The van der Waals surface area contributed by atoms with Crippen molar-refractivity contribution in [1.82, 2.24) is 5.32 Å². The smallest absolute Gasteiger partial charge is 0.130 e. The predicted octanol–water partition coefficient (Wildman–Crippen LogP) is 5.10. The van der Waals surface area contributed by atoms with Gasteiger partial charge in [0, 0.05) is 6.54 Å². The topological polar surface area (TPSA) is 21.3 Å². The predicted molar refractivity (Wildman–Crippen MR) is 89.0 cm³/mol. The molecule has 21 heavy (non-hydrogen) atoms. The van der Waals surface area contributed by atoms with Crippen molar-refractivity contribution in [2.24, 2.45) is 0 Å². The van der Waals surface area contributed by atoms with Crippen molar-refractivity contribution < 1.29 is 4.74 Å². The zero-order valence-electron chi connectivity index (χ0n) is 13.2. The van der Waals surface area contributed by atoms with Crippen LogP contribution in [0.1, 0.15) is 44.2 Å². The van der Waals surface area contributed by atoms with Gasteiger partial charge in [0.1, 0.15) is 11.5 Å². The highest BCUT2D eigenvalue weighted by molar-refractivity contribution is 5.40. The van der Waals surface area contributed by atoms with Gasteiger partial charge in [0.15, 0.2) is 0 Å². The quantitative estimate of drug-likeness (QED) is 0.714. The van der Waals surface area contributed by atoms with E-state index in [0.717, 1.165) is 31.0 Å². The number of ether oxygens (including phenoxy) is 1. The summed E-state index contributed by atoms with van der Waals surface area (Å²) in [4.78, 5) is 0. The minimum atomic E-state index is 0.454. The summed E-state index contributed by atoms with van der Waals surface area (Å²) in [6, 6.07) is 16.6. The van der Waals surface area contributed by atoms with Gasteiger partial charge in [0.05, 0.1) is 0 Å². The fraction of sp³-hybridized carbons (Fsp3) is 0.368. The zero-order valence-corrected chi connectivity index (χ0v) is 13.2. The summed E-state index contributed by atoms with van der Waals surface area (Å²) in [5.41, 5.74) is 2.50. The largest absolute Gasteiger partial charge is 0.457 e. The first-order valence-corrected chi connectivity index (χ1v) is 7.77. The first-order valence-electron chi connectivity index (χ1n) is 7.77. The molecule has 0 heterocycles. The van der Waals surface area contributed by atoms with Gasteiger partial charge >= 0.3 is 0 Å². The molecule has 0 fully saturated rings. The normalized spacial score (nSPS) is 10.9. The molecular formula is C19H25NO. The van der Waals surface area contributed by atoms with Gasteiger partial charge in [0.2, 0.25) is 0 Å². The molecule has 0 saturated heterocycles. The summed E-state index contributed by atoms with van der Waals surface area (Å²) in [6.07, 6.45) is 1.15. The Morgan fingerprint density at radius 3 is 2.62 bits per heavy atom. The van der Waals surface area contributed by atoms with Gasteiger partial charge < -0.3 is 10.1 Å². The van der Waals surface area contributed by atoms with Crippen LogP contribution in [0.25, 0.3) is 0 Å². The summed E-state index contributed by atoms with van der Waals surface area (Å²) in [5.74, 6) is 2.31. The number of benzene rings is 2. The van der Waals surface area contributed by atoms with Crippen molar-refractivity contribution in [3.05, 3.63) is 59.7 Å². The number of nitrogens with one attached hydrogen (secondary N) is 1. The Morgan fingerprint density at radius 2 is 1.86 bits per heavy atom. The van der Waals surface area contributed by atoms with Gasteiger partial charge in [-0.15, -0.1) is 0 Å². The van der Waals surface area contributed by atoms with Crippen LogP contribution in [0.2, 0.25) is 0 Å². The lowest BCUT2D eigenvalue weighted by Gasteiger charge is -2.14. The maximum atomic E-state index is 6.09. The summed E-state index contributed by atoms with van der Waals surface area (Å²) < 4.78 is 6.09. The Labute approximate surface area is 128 Å². The molecular weight excluding hydrogens is 258 g/mol. The van der Waals surface area contributed by atoms with Crippen LogP contribution in [0, 0.1) is 0 Å². The van der Waals surface area contributed by atoms with Gasteiger partial charge in [-0.05, 0) is 48.2 Å². The van der Waals surface area contributed by atoms with E-state index in [1.54, 1.807) is 0 Å². The minimum absolute atomic E-state index is 0.454. The summed E-state index contributed by atoms with van der Waals surface area (Å²) >= 11 is 0. The van der Waals surface area contributed by atoms with E-state index in [0.29, 0.717) is 5.92 Å². The molecule has 2 heteroatoms. The molecule has 0 aromatic heterocycles. The Hall–Kier alpha value is -1.80. The SMILES string of the molecule is CCCNCc1cccc(Oc2ccccc2C(C)C)c1. The summed E-state index contributed by atoms with van der Waals surface area (Å²) in [7, 11) is 0. The molecule has 2 nitrogen and oxygen atoms in total. The van der Waals surface area contributed by atoms with Crippen LogP contribution in [-0.2, 0) is 6.54 Å². The van der Waals surface area contributed by atoms with Gasteiger partial charge in [-0.25, -0.2) is 0 Å². The van der Waals surface area contributed by atoms with Crippen LogP contribution in [0.3, 0.4) is 0 Å². The number of hydrogen-bond acceptors (Lipinski definition) is 2. The van der Waals surface area contributed by atoms with Crippen molar-refractivity contribution in [3.8, 4) is 11.5 Å². The van der Waals surface area contributed by atoms with E-state index >= 15 is 0 Å². The van der Waals surface area contributed by atoms with Crippen molar-refractivity contribution in [1.29, 1.82) is 0 Å². The second-order valence-electron chi connectivity index (χ2n) is 5.62. The molecule has 0 amide bonds. The number of hydrogen-bond donors (Lipinski definition) is 1. The van der Waals surface area contributed by atoms with Crippen molar-refractivity contribution in [2.75, 3.05) is 6.54 Å². The van der Waals surface area contributed by atoms with Crippen LogP contribution in [0.4, 0.5) is 0 Å². The van der Waals surface area contributed by atoms with Crippen molar-refractivity contribution in [3.63, 3.8) is 0 Å². The van der Waals surface area contributed by atoms with E-state index in [1.165, 1.54) is 11.1 Å². The maximum Gasteiger partial charge on any atom is 0.130 e. The van der Waals surface area contributed by atoms with Crippen LogP contribution in [0.5, 0.6) is 11.5 Å².